The third-order valence-electron chi connectivity index (χ3n) is 2.82. The number of nitrogens with zero attached hydrogens (tertiary/aromatic N) is 2. The summed E-state index contributed by atoms with van der Waals surface area (Å²) in [7, 11) is -2.10. The highest BCUT2D eigenvalue weighted by atomic mass is 35.5. The number of hydrogen-bond acceptors (Lipinski definition) is 5. The number of likely N-dealkylation sites (N-methyl/N-ethyl adjacent to an activating group) is 1. The molecular weight excluding hydrogens is 314 g/mol. The van der Waals surface area contributed by atoms with E-state index in [4.69, 9.17) is 16.3 Å². The predicted molar refractivity (Wildman–Crippen MR) is 84.3 cm³/mol. The largest absolute Gasteiger partial charge is 0.380 e. The summed E-state index contributed by atoms with van der Waals surface area (Å²) in [5, 5.41) is 3.34. The standard InChI is InChI=1S/C13H22ClN3O3S/c1-4-6-15-13-12(14)9-11(10-16-13)21(18,19)17(3)7-8-20-5-2/h9-10H,4-8H2,1-3H3,(H,15,16). The summed E-state index contributed by atoms with van der Waals surface area (Å²) < 4.78 is 31.1. The highest BCUT2D eigenvalue weighted by molar-refractivity contribution is 7.89. The van der Waals surface area contributed by atoms with E-state index in [9.17, 15) is 8.42 Å². The summed E-state index contributed by atoms with van der Waals surface area (Å²) in [6.07, 6.45) is 2.24. The number of anilines is 1. The lowest BCUT2D eigenvalue weighted by atomic mass is 10.4. The number of ether oxygens (including phenoxy) is 1. The number of aromatic nitrogens is 1. The Morgan fingerprint density at radius 1 is 1.43 bits per heavy atom. The van der Waals surface area contributed by atoms with Crippen LogP contribution in [0.3, 0.4) is 0 Å². The first-order chi connectivity index (χ1) is 9.93. The highest BCUT2D eigenvalue weighted by Gasteiger charge is 2.22. The van der Waals surface area contributed by atoms with Gasteiger partial charge in [-0.25, -0.2) is 13.4 Å². The van der Waals surface area contributed by atoms with Crippen molar-refractivity contribution >= 4 is 27.4 Å². The van der Waals surface area contributed by atoms with E-state index < -0.39 is 10.0 Å². The Morgan fingerprint density at radius 3 is 2.71 bits per heavy atom. The summed E-state index contributed by atoms with van der Waals surface area (Å²) >= 11 is 6.07. The number of sulfonamides is 1. The van der Waals surface area contributed by atoms with Crippen molar-refractivity contribution in [3.05, 3.63) is 17.3 Å². The second-order valence-electron chi connectivity index (χ2n) is 4.45. The zero-order valence-electron chi connectivity index (χ0n) is 12.6. The number of pyridine rings is 1. The van der Waals surface area contributed by atoms with Gasteiger partial charge in [0.1, 0.15) is 10.7 Å². The Morgan fingerprint density at radius 2 is 2.14 bits per heavy atom. The SMILES string of the molecule is CCCNc1ncc(S(=O)(=O)N(C)CCOCC)cc1Cl. The fourth-order valence-corrected chi connectivity index (χ4v) is 3.00. The van der Waals surface area contributed by atoms with E-state index in [2.05, 4.69) is 10.3 Å². The average Bonchev–Trinajstić information content (AvgIpc) is 2.46. The molecule has 1 aromatic rings. The molecule has 1 aromatic heterocycles. The van der Waals surface area contributed by atoms with E-state index in [1.807, 2.05) is 13.8 Å². The second-order valence-corrected chi connectivity index (χ2v) is 6.90. The minimum atomic E-state index is -3.60. The fourth-order valence-electron chi connectivity index (χ4n) is 1.57. The van der Waals surface area contributed by atoms with Crippen molar-refractivity contribution in [1.82, 2.24) is 9.29 Å². The van der Waals surface area contributed by atoms with E-state index >= 15 is 0 Å². The Balaban J connectivity index is 2.85. The molecular formula is C13H22ClN3O3S. The van der Waals surface area contributed by atoms with Gasteiger partial charge < -0.3 is 10.1 Å². The van der Waals surface area contributed by atoms with Gasteiger partial charge in [-0.3, -0.25) is 0 Å². The molecule has 120 valence electrons. The van der Waals surface area contributed by atoms with E-state index in [0.29, 0.717) is 24.1 Å². The number of halogens is 1. The molecule has 0 unspecified atom stereocenters. The molecule has 0 radical (unpaired) electrons. The van der Waals surface area contributed by atoms with Crippen LogP contribution in [0, 0.1) is 0 Å². The van der Waals surface area contributed by atoms with Gasteiger partial charge in [0.2, 0.25) is 10.0 Å². The van der Waals surface area contributed by atoms with Crippen LogP contribution in [-0.4, -0.2) is 51.1 Å². The van der Waals surface area contributed by atoms with Gasteiger partial charge in [0.15, 0.2) is 0 Å². The highest BCUT2D eigenvalue weighted by Crippen LogP contribution is 2.24. The second kappa shape index (κ2) is 8.53. The fraction of sp³-hybridized carbons (Fsp3) is 0.615. The third kappa shape index (κ3) is 5.10. The number of rotatable bonds is 9. The van der Waals surface area contributed by atoms with Crippen LogP contribution < -0.4 is 5.32 Å². The van der Waals surface area contributed by atoms with Crippen molar-refractivity contribution in [3.8, 4) is 0 Å². The maximum Gasteiger partial charge on any atom is 0.244 e. The first-order valence-electron chi connectivity index (χ1n) is 6.87. The molecule has 0 fully saturated rings. The van der Waals surface area contributed by atoms with Gasteiger partial charge >= 0.3 is 0 Å². The molecule has 0 aliphatic heterocycles. The Labute approximate surface area is 131 Å². The molecule has 0 aliphatic rings. The van der Waals surface area contributed by atoms with Crippen LogP contribution in [0.15, 0.2) is 17.2 Å². The van der Waals surface area contributed by atoms with Gasteiger partial charge in [-0.2, -0.15) is 4.31 Å². The zero-order valence-corrected chi connectivity index (χ0v) is 14.2. The van der Waals surface area contributed by atoms with Crippen LogP contribution >= 0.6 is 11.6 Å². The molecule has 0 spiro atoms. The van der Waals surface area contributed by atoms with Gasteiger partial charge in [0.25, 0.3) is 0 Å². The van der Waals surface area contributed by atoms with Crippen LogP contribution in [0.4, 0.5) is 5.82 Å². The average molecular weight is 336 g/mol. The van der Waals surface area contributed by atoms with Gasteiger partial charge in [0.05, 0.1) is 11.6 Å². The molecule has 1 rings (SSSR count). The van der Waals surface area contributed by atoms with Gasteiger partial charge in [-0.05, 0) is 19.4 Å². The molecule has 0 amide bonds. The molecule has 0 saturated heterocycles. The minimum absolute atomic E-state index is 0.0774. The summed E-state index contributed by atoms with van der Waals surface area (Å²) in [5.41, 5.74) is 0. The monoisotopic (exact) mass is 335 g/mol. The van der Waals surface area contributed by atoms with Crippen molar-refractivity contribution in [2.75, 3.05) is 38.7 Å². The molecule has 0 aromatic carbocycles. The van der Waals surface area contributed by atoms with Gasteiger partial charge in [-0.1, -0.05) is 18.5 Å². The lowest BCUT2D eigenvalue weighted by molar-refractivity contribution is 0.138. The maximum absolute atomic E-state index is 12.4. The quantitative estimate of drug-likeness (QED) is 0.700. The van der Waals surface area contributed by atoms with Gasteiger partial charge in [-0.15, -0.1) is 0 Å². The van der Waals surface area contributed by atoms with Crippen LogP contribution in [-0.2, 0) is 14.8 Å². The Hall–Kier alpha value is -0.890. The van der Waals surface area contributed by atoms with E-state index in [-0.39, 0.29) is 11.4 Å². The maximum atomic E-state index is 12.4. The molecule has 0 atom stereocenters. The van der Waals surface area contributed by atoms with Crippen molar-refractivity contribution < 1.29 is 13.2 Å². The van der Waals surface area contributed by atoms with E-state index in [0.717, 1.165) is 13.0 Å². The molecule has 1 heterocycles. The molecule has 0 bridgehead atoms. The van der Waals surface area contributed by atoms with Crippen LogP contribution in [0.25, 0.3) is 0 Å². The van der Waals surface area contributed by atoms with Crippen LogP contribution in [0.5, 0.6) is 0 Å². The molecule has 0 aliphatic carbocycles. The van der Waals surface area contributed by atoms with Crippen molar-refractivity contribution in [2.24, 2.45) is 0 Å². The summed E-state index contributed by atoms with van der Waals surface area (Å²) in [6.45, 7) is 5.80. The third-order valence-corrected chi connectivity index (χ3v) is 4.93. The van der Waals surface area contributed by atoms with Gasteiger partial charge in [0, 0.05) is 32.9 Å². The first kappa shape index (κ1) is 18.2. The zero-order chi connectivity index (χ0) is 15.9. The van der Waals surface area contributed by atoms with Crippen LogP contribution in [0.2, 0.25) is 5.02 Å². The van der Waals surface area contributed by atoms with Crippen LogP contribution in [0.1, 0.15) is 20.3 Å². The molecule has 6 nitrogen and oxygen atoms in total. The lowest BCUT2D eigenvalue weighted by Crippen LogP contribution is -2.30. The smallest absolute Gasteiger partial charge is 0.244 e. The summed E-state index contributed by atoms with van der Waals surface area (Å²) in [6, 6.07) is 1.42. The van der Waals surface area contributed by atoms with E-state index in [1.165, 1.54) is 23.6 Å². The number of nitrogens with one attached hydrogen (secondary N) is 1. The van der Waals surface area contributed by atoms with Crippen molar-refractivity contribution in [1.29, 1.82) is 0 Å². The Kier molecular flexibility index (Phi) is 7.37. The van der Waals surface area contributed by atoms with E-state index in [1.54, 1.807) is 0 Å². The summed E-state index contributed by atoms with van der Waals surface area (Å²) in [5.74, 6) is 0.495. The molecule has 8 heteroatoms. The van der Waals surface area contributed by atoms with Crippen molar-refractivity contribution in [3.63, 3.8) is 0 Å². The Bertz CT molecular complexity index is 552. The first-order valence-corrected chi connectivity index (χ1v) is 8.68. The number of hydrogen-bond donors (Lipinski definition) is 1. The molecule has 1 N–H and O–H groups in total. The lowest BCUT2D eigenvalue weighted by Gasteiger charge is -2.17. The predicted octanol–water partition coefficient (Wildman–Crippen LogP) is 2.21. The molecule has 21 heavy (non-hydrogen) atoms. The topological polar surface area (TPSA) is 71.5 Å². The van der Waals surface area contributed by atoms with Crippen molar-refractivity contribution in [2.45, 2.75) is 25.2 Å². The summed E-state index contributed by atoms with van der Waals surface area (Å²) in [4.78, 5) is 4.16. The molecule has 0 saturated carbocycles. The normalized spacial score (nSPS) is 11.9. The minimum Gasteiger partial charge on any atom is -0.380 e.